The SMILES string of the molecule is C#CC[C@H](OS(=O)(=O)c1ccccc1)[C@H]1COC(C)(C)O1. The molecule has 1 aromatic carbocycles. The van der Waals surface area contributed by atoms with E-state index in [1.54, 1.807) is 32.0 Å². The molecule has 114 valence electrons. The van der Waals surface area contributed by atoms with Crippen LogP contribution in [0.15, 0.2) is 35.2 Å². The van der Waals surface area contributed by atoms with Crippen molar-refractivity contribution in [1.29, 1.82) is 0 Å². The molecule has 21 heavy (non-hydrogen) atoms. The topological polar surface area (TPSA) is 61.8 Å². The fourth-order valence-electron chi connectivity index (χ4n) is 2.05. The molecule has 0 radical (unpaired) electrons. The van der Waals surface area contributed by atoms with Gasteiger partial charge >= 0.3 is 0 Å². The third-order valence-corrected chi connectivity index (χ3v) is 4.40. The molecule has 0 amide bonds. The second-order valence-electron chi connectivity index (χ2n) is 5.18. The molecule has 0 aliphatic carbocycles. The van der Waals surface area contributed by atoms with Crippen molar-refractivity contribution in [3.63, 3.8) is 0 Å². The summed E-state index contributed by atoms with van der Waals surface area (Å²) in [6, 6.07) is 7.93. The van der Waals surface area contributed by atoms with E-state index in [0.29, 0.717) is 0 Å². The first-order chi connectivity index (χ1) is 9.84. The maximum absolute atomic E-state index is 12.2. The van der Waals surface area contributed by atoms with Gasteiger partial charge in [0.25, 0.3) is 10.1 Å². The first-order valence-electron chi connectivity index (χ1n) is 6.58. The molecule has 1 aliphatic rings. The van der Waals surface area contributed by atoms with Crippen LogP contribution < -0.4 is 0 Å². The zero-order valence-electron chi connectivity index (χ0n) is 12.0. The summed E-state index contributed by atoms with van der Waals surface area (Å²) in [5.41, 5.74) is 0. The Bertz CT molecular complexity index is 615. The Balaban J connectivity index is 2.16. The van der Waals surface area contributed by atoms with Crippen LogP contribution >= 0.6 is 0 Å². The van der Waals surface area contributed by atoms with Gasteiger partial charge in [-0.3, -0.25) is 4.18 Å². The number of benzene rings is 1. The molecule has 2 rings (SSSR count). The van der Waals surface area contributed by atoms with Gasteiger partial charge in [-0.2, -0.15) is 8.42 Å². The molecule has 1 heterocycles. The van der Waals surface area contributed by atoms with Gasteiger partial charge in [0.05, 0.1) is 11.5 Å². The van der Waals surface area contributed by atoms with Crippen molar-refractivity contribution in [3.05, 3.63) is 30.3 Å². The van der Waals surface area contributed by atoms with Crippen LogP contribution in [0.2, 0.25) is 0 Å². The lowest BCUT2D eigenvalue weighted by Gasteiger charge is -2.22. The molecule has 0 aromatic heterocycles. The normalized spacial score (nSPS) is 22.6. The Morgan fingerprint density at radius 3 is 2.62 bits per heavy atom. The van der Waals surface area contributed by atoms with Gasteiger partial charge in [-0.15, -0.1) is 12.3 Å². The van der Waals surface area contributed by atoms with Crippen LogP contribution in [0.4, 0.5) is 0 Å². The van der Waals surface area contributed by atoms with Crippen LogP contribution in [0, 0.1) is 12.3 Å². The molecule has 0 unspecified atom stereocenters. The minimum atomic E-state index is -3.89. The summed E-state index contributed by atoms with van der Waals surface area (Å²) in [6.07, 6.45) is 4.13. The van der Waals surface area contributed by atoms with E-state index < -0.39 is 28.1 Å². The van der Waals surface area contributed by atoms with Crippen LogP contribution in [-0.2, 0) is 23.8 Å². The standard InChI is InChI=1S/C15H18O5S/c1-4-8-13(14-11-18-15(2,3)19-14)20-21(16,17)12-9-6-5-7-10-12/h1,5-7,9-10,13-14H,8,11H2,2-3H3/t13-,14+/m0/s1. The van der Waals surface area contributed by atoms with E-state index in [0.717, 1.165) is 0 Å². The molecule has 1 saturated heterocycles. The number of hydrogen-bond acceptors (Lipinski definition) is 5. The number of ether oxygens (including phenoxy) is 2. The largest absolute Gasteiger partial charge is 0.348 e. The van der Waals surface area contributed by atoms with Crippen molar-refractivity contribution >= 4 is 10.1 Å². The predicted octanol–water partition coefficient (Wildman–Crippen LogP) is 1.94. The summed E-state index contributed by atoms with van der Waals surface area (Å²) < 4.78 is 40.8. The molecule has 0 bridgehead atoms. The highest BCUT2D eigenvalue weighted by molar-refractivity contribution is 7.86. The monoisotopic (exact) mass is 310 g/mol. The van der Waals surface area contributed by atoms with E-state index in [2.05, 4.69) is 5.92 Å². The van der Waals surface area contributed by atoms with Crippen molar-refractivity contribution in [2.24, 2.45) is 0 Å². The molecule has 1 aliphatic heterocycles. The molecule has 0 spiro atoms. The van der Waals surface area contributed by atoms with Gasteiger partial charge in [0.2, 0.25) is 0 Å². The quantitative estimate of drug-likeness (QED) is 0.614. The zero-order valence-corrected chi connectivity index (χ0v) is 12.8. The molecule has 6 heteroatoms. The van der Waals surface area contributed by atoms with Crippen LogP contribution in [0.1, 0.15) is 20.3 Å². The lowest BCUT2D eigenvalue weighted by Crippen LogP contribution is -2.34. The Morgan fingerprint density at radius 1 is 1.43 bits per heavy atom. The minimum Gasteiger partial charge on any atom is -0.348 e. The van der Waals surface area contributed by atoms with Crippen LogP contribution in [0.25, 0.3) is 0 Å². The molecule has 1 fully saturated rings. The summed E-state index contributed by atoms with van der Waals surface area (Å²) in [5.74, 6) is 1.65. The Labute approximate surface area is 125 Å². The second kappa shape index (κ2) is 6.16. The molecular formula is C15H18O5S. The van der Waals surface area contributed by atoms with Crippen molar-refractivity contribution < 1.29 is 22.1 Å². The number of hydrogen-bond donors (Lipinski definition) is 0. The third kappa shape index (κ3) is 4.05. The lowest BCUT2D eigenvalue weighted by molar-refractivity contribution is -0.148. The van der Waals surface area contributed by atoms with E-state index in [1.165, 1.54) is 12.1 Å². The van der Waals surface area contributed by atoms with Crippen LogP contribution in [-0.4, -0.2) is 33.0 Å². The average molecular weight is 310 g/mol. The van der Waals surface area contributed by atoms with Gasteiger partial charge in [0.15, 0.2) is 5.79 Å². The lowest BCUT2D eigenvalue weighted by atomic mass is 10.1. The third-order valence-electron chi connectivity index (χ3n) is 3.05. The van der Waals surface area contributed by atoms with Gasteiger partial charge in [0, 0.05) is 6.42 Å². The summed E-state index contributed by atoms with van der Waals surface area (Å²) >= 11 is 0. The summed E-state index contributed by atoms with van der Waals surface area (Å²) in [4.78, 5) is 0.0881. The van der Waals surface area contributed by atoms with E-state index >= 15 is 0 Å². The minimum absolute atomic E-state index is 0.0881. The highest BCUT2D eigenvalue weighted by Gasteiger charge is 2.39. The van der Waals surface area contributed by atoms with Crippen LogP contribution in [0.3, 0.4) is 0 Å². The highest BCUT2D eigenvalue weighted by atomic mass is 32.2. The first kappa shape index (κ1) is 16.0. The summed E-state index contributed by atoms with van der Waals surface area (Å²) in [6.45, 7) is 3.75. The average Bonchev–Trinajstić information content (AvgIpc) is 2.79. The molecule has 0 saturated carbocycles. The molecule has 1 aromatic rings. The highest BCUT2D eigenvalue weighted by Crippen LogP contribution is 2.28. The van der Waals surface area contributed by atoms with E-state index in [-0.39, 0.29) is 17.9 Å². The van der Waals surface area contributed by atoms with Crippen molar-refractivity contribution in [2.45, 2.75) is 43.2 Å². The van der Waals surface area contributed by atoms with Crippen molar-refractivity contribution in [1.82, 2.24) is 0 Å². The molecule has 0 N–H and O–H groups in total. The first-order valence-corrected chi connectivity index (χ1v) is 7.98. The Kier molecular flexibility index (Phi) is 4.69. The van der Waals surface area contributed by atoms with Gasteiger partial charge < -0.3 is 9.47 Å². The van der Waals surface area contributed by atoms with Gasteiger partial charge in [-0.25, -0.2) is 0 Å². The smallest absolute Gasteiger partial charge is 0.297 e. The van der Waals surface area contributed by atoms with Crippen LogP contribution in [0.5, 0.6) is 0 Å². The van der Waals surface area contributed by atoms with Crippen molar-refractivity contribution in [2.75, 3.05) is 6.61 Å². The Hall–Kier alpha value is -1.39. The fourth-order valence-corrected chi connectivity index (χ4v) is 3.17. The maximum Gasteiger partial charge on any atom is 0.297 e. The summed E-state index contributed by atoms with van der Waals surface area (Å²) in [7, 11) is -3.89. The molecule has 2 atom stereocenters. The summed E-state index contributed by atoms with van der Waals surface area (Å²) in [5, 5.41) is 0. The zero-order chi connectivity index (χ0) is 15.5. The van der Waals surface area contributed by atoms with Gasteiger partial charge in [-0.05, 0) is 26.0 Å². The van der Waals surface area contributed by atoms with Gasteiger partial charge in [-0.1, -0.05) is 18.2 Å². The van der Waals surface area contributed by atoms with E-state index in [9.17, 15) is 8.42 Å². The van der Waals surface area contributed by atoms with E-state index in [1.807, 2.05) is 0 Å². The number of terminal acetylenes is 1. The predicted molar refractivity (Wildman–Crippen MR) is 76.9 cm³/mol. The van der Waals surface area contributed by atoms with E-state index in [4.69, 9.17) is 20.1 Å². The molecule has 5 nitrogen and oxygen atoms in total. The van der Waals surface area contributed by atoms with Gasteiger partial charge in [0.1, 0.15) is 12.2 Å². The van der Waals surface area contributed by atoms with Crippen molar-refractivity contribution in [3.8, 4) is 12.3 Å². The number of rotatable bonds is 5. The molecular weight excluding hydrogens is 292 g/mol. The fraction of sp³-hybridized carbons (Fsp3) is 0.467. The maximum atomic E-state index is 12.2. The second-order valence-corrected chi connectivity index (χ2v) is 6.75. The Morgan fingerprint density at radius 2 is 2.10 bits per heavy atom.